The Labute approximate surface area is 141 Å². The summed E-state index contributed by atoms with van der Waals surface area (Å²) in [6, 6.07) is -0.813. The lowest BCUT2D eigenvalue weighted by molar-refractivity contribution is -0.175. The van der Waals surface area contributed by atoms with Crippen molar-refractivity contribution in [2.24, 2.45) is 22.8 Å². The van der Waals surface area contributed by atoms with Crippen LogP contribution < -0.4 is 11.5 Å². The largest absolute Gasteiger partial charge is 0.370 e. The normalized spacial score (nSPS) is 24.9. The third kappa shape index (κ3) is 3.37. The van der Waals surface area contributed by atoms with Gasteiger partial charge in [0.1, 0.15) is 6.04 Å². The Bertz CT molecular complexity index is 562. The van der Waals surface area contributed by atoms with Gasteiger partial charge in [-0.3, -0.25) is 19.2 Å². The van der Waals surface area contributed by atoms with Crippen LogP contribution in [0.1, 0.15) is 39.5 Å². The maximum Gasteiger partial charge on any atom is 0.240 e. The average molecular weight is 338 g/mol. The van der Waals surface area contributed by atoms with Gasteiger partial charge in [0.05, 0.1) is 5.41 Å². The van der Waals surface area contributed by atoms with Crippen molar-refractivity contribution in [3.8, 4) is 0 Å². The summed E-state index contributed by atoms with van der Waals surface area (Å²) in [4.78, 5) is 50.7. The zero-order valence-corrected chi connectivity index (χ0v) is 14.3. The minimum absolute atomic E-state index is 0.00233. The third-order valence-electron chi connectivity index (χ3n) is 4.94. The molecule has 0 aromatic heterocycles. The summed E-state index contributed by atoms with van der Waals surface area (Å²) in [5.74, 6) is -1.39. The van der Waals surface area contributed by atoms with Crippen LogP contribution in [-0.2, 0) is 19.2 Å². The van der Waals surface area contributed by atoms with E-state index in [1.165, 1.54) is 4.90 Å². The zero-order valence-electron chi connectivity index (χ0n) is 14.3. The van der Waals surface area contributed by atoms with Gasteiger partial charge in [0.25, 0.3) is 0 Å². The van der Waals surface area contributed by atoms with Gasteiger partial charge in [0.2, 0.25) is 23.6 Å². The molecule has 2 aliphatic heterocycles. The Hall–Kier alpha value is -2.12. The molecule has 2 heterocycles. The van der Waals surface area contributed by atoms with Crippen LogP contribution in [0.2, 0.25) is 0 Å². The van der Waals surface area contributed by atoms with Gasteiger partial charge in [-0.1, -0.05) is 13.8 Å². The molecule has 2 rings (SSSR count). The lowest BCUT2D eigenvalue weighted by Gasteiger charge is -2.55. The summed E-state index contributed by atoms with van der Waals surface area (Å²) < 4.78 is 0. The molecule has 0 bridgehead atoms. The van der Waals surface area contributed by atoms with E-state index in [4.69, 9.17) is 11.5 Å². The summed E-state index contributed by atoms with van der Waals surface area (Å²) in [6.45, 7) is 5.12. The Morgan fingerprint density at radius 2 is 1.88 bits per heavy atom. The molecule has 2 fully saturated rings. The zero-order chi connectivity index (χ0) is 18.1. The molecule has 0 saturated carbocycles. The highest BCUT2D eigenvalue weighted by Crippen LogP contribution is 2.42. The van der Waals surface area contributed by atoms with E-state index in [9.17, 15) is 19.2 Å². The first kappa shape index (κ1) is 18.2. The van der Waals surface area contributed by atoms with E-state index < -0.39 is 23.3 Å². The first-order chi connectivity index (χ1) is 11.2. The molecule has 2 aliphatic rings. The highest BCUT2D eigenvalue weighted by molar-refractivity contribution is 5.95. The van der Waals surface area contributed by atoms with Crippen LogP contribution in [0.15, 0.2) is 0 Å². The predicted octanol–water partition coefficient (Wildman–Crippen LogP) is -0.787. The summed E-state index contributed by atoms with van der Waals surface area (Å²) in [6.07, 6.45) is 1.61. The van der Waals surface area contributed by atoms with E-state index in [0.717, 1.165) is 6.42 Å². The Kier molecular flexibility index (Phi) is 5.15. The SMILES string of the molecule is CC(C)C(=O)N1CCCC2(C1)CN([C@@H](CCC(N)=O)C(N)=O)C2=O. The van der Waals surface area contributed by atoms with Crippen LogP contribution in [0.5, 0.6) is 0 Å². The van der Waals surface area contributed by atoms with Gasteiger partial charge in [-0.25, -0.2) is 0 Å². The minimum atomic E-state index is -0.813. The number of hydrogen-bond acceptors (Lipinski definition) is 4. The molecule has 0 radical (unpaired) electrons. The Morgan fingerprint density at radius 3 is 2.38 bits per heavy atom. The van der Waals surface area contributed by atoms with Gasteiger partial charge in [0.15, 0.2) is 0 Å². The number of hydrogen-bond donors (Lipinski definition) is 2. The van der Waals surface area contributed by atoms with E-state index in [1.54, 1.807) is 4.90 Å². The number of piperidine rings is 1. The molecule has 0 aromatic carbocycles. The van der Waals surface area contributed by atoms with Crippen LogP contribution in [0.4, 0.5) is 0 Å². The predicted molar refractivity (Wildman–Crippen MR) is 86.2 cm³/mol. The standard InChI is InChI=1S/C16H26N4O4/c1-10(2)14(23)19-7-3-6-16(8-19)9-20(15(16)24)11(13(18)22)4-5-12(17)21/h10-11H,3-9H2,1-2H3,(H2,17,21)(H2,18,22)/t11-,16?/m0/s1. The number of rotatable bonds is 6. The van der Waals surface area contributed by atoms with Gasteiger partial charge < -0.3 is 21.3 Å². The van der Waals surface area contributed by atoms with Crippen molar-refractivity contribution in [2.45, 2.75) is 45.6 Å². The molecule has 0 aromatic rings. The lowest BCUT2D eigenvalue weighted by atomic mass is 9.71. The molecule has 1 spiro atoms. The number of likely N-dealkylation sites (tertiary alicyclic amines) is 2. The highest BCUT2D eigenvalue weighted by atomic mass is 16.2. The molecular formula is C16H26N4O4. The Morgan fingerprint density at radius 1 is 1.21 bits per heavy atom. The first-order valence-corrected chi connectivity index (χ1v) is 8.35. The molecule has 8 nitrogen and oxygen atoms in total. The summed E-state index contributed by atoms with van der Waals surface area (Å²) >= 11 is 0. The van der Waals surface area contributed by atoms with E-state index in [-0.39, 0.29) is 30.6 Å². The van der Waals surface area contributed by atoms with Crippen LogP contribution >= 0.6 is 0 Å². The molecule has 134 valence electrons. The van der Waals surface area contributed by atoms with Crippen molar-refractivity contribution >= 4 is 23.6 Å². The first-order valence-electron chi connectivity index (χ1n) is 8.35. The Balaban J connectivity index is 2.05. The molecule has 4 amide bonds. The average Bonchev–Trinajstić information content (AvgIpc) is 2.52. The number of amides is 4. The van der Waals surface area contributed by atoms with Gasteiger partial charge in [-0.2, -0.15) is 0 Å². The van der Waals surface area contributed by atoms with Gasteiger partial charge >= 0.3 is 0 Å². The summed E-state index contributed by atoms with van der Waals surface area (Å²) in [5, 5.41) is 0. The van der Waals surface area contributed by atoms with Gasteiger partial charge in [-0.05, 0) is 19.3 Å². The van der Waals surface area contributed by atoms with Gasteiger partial charge in [-0.15, -0.1) is 0 Å². The lowest BCUT2D eigenvalue weighted by Crippen LogP contribution is -2.71. The second kappa shape index (κ2) is 6.78. The van der Waals surface area contributed by atoms with E-state index in [0.29, 0.717) is 26.1 Å². The molecule has 8 heteroatoms. The van der Waals surface area contributed by atoms with Crippen LogP contribution in [0, 0.1) is 11.3 Å². The second-order valence-electron chi connectivity index (χ2n) is 7.15. The number of nitrogens with zero attached hydrogens (tertiary/aromatic N) is 2. The van der Waals surface area contributed by atoms with E-state index in [2.05, 4.69) is 0 Å². The van der Waals surface area contributed by atoms with Gasteiger partial charge in [0, 0.05) is 32.0 Å². The topological polar surface area (TPSA) is 127 Å². The summed E-state index contributed by atoms with van der Waals surface area (Å²) in [5.41, 5.74) is 9.88. The molecular weight excluding hydrogens is 312 g/mol. The minimum Gasteiger partial charge on any atom is -0.370 e. The highest BCUT2D eigenvalue weighted by Gasteiger charge is 2.56. The van der Waals surface area contributed by atoms with Crippen molar-refractivity contribution in [1.29, 1.82) is 0 Å². The van der Waals surface area contributed by atoms with Crippen LogP contribution in [-0.4, -0.2) is 59.1 Å². The molecule has 24 heavy (non-hydrogen) atoms. The molecule has 1 unspecified atom stereocenters. The van der Waals surface area contributed by atoms with Crippen molar-refractivity contribution < 1.29 is 19.2 Å². The maximum atomic E-state index is 12.7. The number of β-lactam (4-membered cyclic amide) rings is 1. The fraction of sp³-hybridized carbons (Fsp3) is 0.750. The van der Waals surface area contributed by atoms with Crippen LogP contribution in [0.25, 0.3) is 0 Å². The monoisotopic (exact) mass is 338 g/mol. The maximum absolute atomic E-state index is 12.7. The number of carbonyl (C=O) groups excluding carboxylic acids is 4. The second-order valence-corrected chi connectivity index (χ2v) is 7.15. The fourth-order valence-corrected chi connectivity index (χ4v) is 3.65. The van der Waals surface area contributed by atoms with Crippen molar-refractivity contribution in [1.82, 2.24) is 9.80 Å². The van der Waals surface area contributed by atoms with Crippen molar-refractivity contribution in [3.63, 3.8) is 0 Å². The fourth-order valence-electron chi connectivity index (χ4n) is 3.65. The molecule has 4 N–H and O–H groups in total. The van der Waals surface area contributed by atoms with E-state index >= 15 is 0 Å². The smallest absolute Gasteiger partial charge is 0.240 e. The van der Waals surface area contributed by atoms with E-state index in [1.807, 2.05) is 13.8 Å². The molecule has 2 atom stereocenters. The quantitative estimate of drug-likeness (QED) is 0.615. The third-order valence-corrected chi connectivity index (χ3v) is 4.94. The number of primary amides is 2. The number of nitrogens with two attached hydrogens (primary N) is 2. The van der Waals surface area contributed by atoms with Crippen molar-refractivity contribution in [3.05, 3.63) is 0 Å². The molecule has 0 aliphatic carbocycles. The van der Waals surface area contributed by atoms with Crippen molar-refractivity contribution in [2.75, 3.05) is 19.6 Å². The van der Waals surface area contributed by atoms with Crippen LogP contribution in [0.3, 0.4) is 0 Å². The molecule has 2 saturated heterocycles. The number of carbonyl (C=O) groups is 4. The summed E-state index contributed by atoms with van der Waals surface area (Å²) in [7, 11) is 0.